The molecule has 0 aliphatic heterocycles. The van der Waals surface area contributed by atoms with Crippen LogP contribution in [0.15, 0.2) is 22.7 Å². The zero-order chi connectivity index (χ0) is 13.5. The van der Waals surface area contributed by atoms with Crippen molar-refractivity contribution >= 4 is 33.5 Å². The molecule has 0 heterocycles. The molecule has 1 rings (SSSR count). The van der Waals surface area contributed by atoms with Crippen LogP contribution >= 0.6 is 27.5 Å². The fraction of sp³-hybridized carbons (Fsp3) is 0.417. The third-order valence-electron chi connectivity index (χ3n) is 2.17. The first-order valence-corrected chi connectivity index (χ1v) is 6.64. The lowest BCUT2D eigenvalue weighted by molar-refractivity contribution is -0.150. The van der Waals surface area contributed by atoms with Crippen molar-refractivity contribution < 1.29 is 19.4 Å². The van der Waals surface area contributed by atoms with E-state index in [0.29, 0.717) is 17.4 Å². The number of carboxylic acids is 1. The Bertz CT molecular complexity index is 411. The molecule has 1 aromatic rings. The number of carbonyl (C=O) groups is 1. The predicted molar refractivity (Wildman–Crippen MR) is 72.3 cm³/mol. The zero-order valence-corrected chi connectivity index (χ0v) is 12.2. The normalized spacial score (nSPS) is 12.2. The first kappa shape index (κ1) is 15.3. The lowest BCUT2D eigenvalue weighted by atomic mass is 10.2. The summed E-state index contributed by atoms with van der Waals surface area (Å²) >= 11 is 9.12. The molecule has 1 atom stereocenters. The maximum absolute atomic E-state index is 10.8. The lowest BCUT2D eigenvalue weighted by Gasteiger charge is -2.13. The maximum Gasteiger partial charge on any atom is 0.332 e. The van der Waals surface area contributed by atoms with Crippen LogP contribution in [-0.4, -0.2) is 30.4 Å². The maximum atomic E-state index is 10.8. The molecule has 1 aromatic carbocycles. The molecule has 4 nitrogen and oxygen atoms in total. The summed E-state index contributed by atoms with van der Waals surface area (Å²) in [6.45, 7) is 2.38. The Hall–Kier alpha value is -0.780. The lowest BCUT2D eigenvalue weighted by Crippen LogP contribution is -2.26. The van der Waals surface area contributed by atoms with Crippen LogP contribution < -0.4 is 4.74 Å². The van der Waals surface area contributed by atoms with Gasteiger partial charge in [0, 0.05) is 18.1 Å². The van der Waals surface area contributed by atoms with E-state index >= 15 is 0 Å². The van der Waals surface area contributed by atoms with Crippen molar-refractivity contribution in [2.75, 3.05) is 13.2 Å². The van der Waals surface area contributed by atoms with E-state index in [1.165, 1.54) is 0 Å². The Morgan fingerprint density at radius 1 is 1.56 bits per heavy atom. The third-order valence-corrected chi connectivity index (χ3v) is 3.03. The molecule has 0 aliphatic carbocycles. The van der Waals surface area contributed by atoms with Gasteiger partial charge in [-0.25, -0.2) is 4.79 Å². The number of ether oxygens (including phenoxy) is 2. The summed E-state index contributed by atoms with van der Waals surface area (Å²) < 4.78 is 11.3. The summed E-state index contributed by atoms with van der Waals surface area (Å²) in [7, 11) is 0. The summed E-state index contributed by atoms with van der Waals surface area (Å²) in [5, 5.41) is 9.49. The highest BCUT2D eigenvalue weighted by Crippen LogP contribution is 2.28. The monoisotopic (exact) mass is 336 g/mol. The van der Waals surface area contributed by atoms with Gasteiger partial charge in [0.05, 0.1) is 11.1 Å². The minimum atomic E-state index is -0.976. The molecular weight excluding hydrogens is 323 g/mol. The number of halogens is 2. The van der Waals surface area contributed by atoms with E-state index in [-0.39, 0.29) is 13.0 Å². The highest BCUT2D eigenvalue weighted by atomic mass is 79.9. The molecule has 6 heteroatoms. The molecule has 0 amide bonds. The average molecular weight is 338 g/mol. The van der Waals surface area contributed by atoms with Crippen LogP contribution in [0, 0.1) is 0 Å². The molecule has 0 fully saturated rings. The number of aliphatic carboxylic acids is 1. The topological polar surface area (TPSA) is 55.8 Å². The van der Waals surface area contributed by atoms with Crippen molar-refractivity contribution in [3.05, 3.63) is 27.7 Å². The quantitative estimate of drug-likeness (QED) is 0.829. The van der Waals surface area contributed by atoms with Crippen molar-refractivity contribution in [1.29, 1.82) is 0 Å². The molecule has 0 radical (unpaired) electrons. The van der Waals surface area contributed by atoms with Crippen LogP contribution in [0.25, 0.3) is 0 Å². The van der Waals surface area contributed by atoms with E-state index < -0.39 is 12.1 Å². The van der Waals surface area contributed by atoms with Gasteiger partial charge >= 0.3 is 5.97 Å². The minimum Gasteiger partial charge on any atom is -0.492 e. The molecule has 0 saturated carbocycles. The minimum absolute atomic E-state index is 0.261. The van der Waals surface area contributed by atoms with E-state index in [2.05, 4.69) is 15.9 Å². The van der Waals surface area contributed by atoms with Crippen LogP contribution in [0.2, 0.25) is 5.02 Å². The van der Waals surface area contributed by atoms with Gasteiger partial charge < -0.3 is 14.6 Å². The summed E-state index contributed by atoms with van der Waals surface area (Å²) in [6.07, 6.45) is -0.542. The molecule has 0 bridgehead atoms. The van der Waals surface area contributed by atoms with Gasteiger partial charge in [0.1, 0.15) is 5.75 Å². The summed E-state index contributed by atoms with van der Waals surface area (Å²) in [5.41, 5.74) is 0. The molecule has 18 heavy (non-hydrogen) atoms. The van der Waals surface area contributed by atoms with E-state index in [4.69, 9.17) is 26.2 Å². The summed E-state index contributed by atoms with van der Waals surface area (Å²) in [4.78, 5) is 10.8. The van der Waals surface area contributed by atoms with Crippen molar-refractivity contribution in [2.45, 2.75) is 19.4 Å². The van der Waals surface area contributed by atoms with Gasteiger partial charge in [-0.3, -0.25) is 0 Å². The van der Waals surface area contributed by atoms with Crippen LogP contribution in [0.5, 0.6) is 5.75 Å². The number of hydrogen-bond acceptors (Lipinski definition) is 3. The van der Waals surface area contributed by atoms with E-state index in [1.54, 1.807) is 25.1 Å². The molecule has 100 valence electrons. The number of benzene rings is 1. The van der Waals surface area contributed by atoms with E-state index in [1.807, 2.05) is 0 Å². The Labute approximate surface area is 119 Å². The summed E-state index contributed by atoms with van der Waals surface area (Å²) in [5.74, 6) is -0.351. The van der Waals surface area contributed by atoms with Crippen LogP contribution in [0.1, 0.15) is 13.3 Å². The average Bonchev–Trinajstić information content (AvgIpc) is 2.30. The molecule has 0 aromatic heterocycles. The van der Waals surface area contributed by atoms with Crippen molar-refractivity contribution in [3.63, 3.8) is 0 Å². The van der Waals surface area contributed by atoms with Gasteiger partial charge in [0.15, 0.2) is 6.10 Å². The number of hydrogen-bond donors (Lipinski definition) is 1. The first-order chi connectivity index (χ1) is 8.54. The Morgan fingerprint density at radius 3 is 2.83 bits per heavy atom. The molecule has 1 unspecified atom stereocenters. The van der Waals surface area contributed by atoms with Gasteiger partial charge in [-0.15, -0.1) is 0 Å². The summed E-state index contributed by atoms with van der Waals surface area (Å²) in [6, 6.07) is 5.15. The Kier molecular flexibility index (Phi) is 6.46. The molecule has 1 N–H and O–H groups in total. The fourth-order valence-corrected chi connectivity index (χ4v) is 2.14. The van der Waals surface area contributed by atoms with E-state index in [0.717, 1.165) is 4.47 Å². The standard InChI is InChI=1S/C12H14BrClO4/c1-2-17-11(12(15)16)5-6-18-10-4-3-8(14)7-9(10)13/h3-4,7,11H,2,5-6H2,1H3,(H,15,16). The Balaban J connectivity index is 2.47. The number of carboxylic acid groups (broad SMARTS) is 1. The zero-order valence-electron chi connectivity index (χ0n) is 9.86. The van der Waals surface area contributed by atoms with E-state index in [9.17, 15) is 4.79 Å². The molecule has 0 spiro atoms. The number of rotatable bonds is 7. The second-order valence-corrected chi connectivity index (χ2v) is 4.78. The third kappa shape index (κ3) is 4.84. The fourth-order valence-electron chi connectivity index (χ4n) is 1.35. The SMILES string of the molecule is CCOC(CCOc1ccc(Cl)cc1Br)C(=O)O. The van der Waals surface area contributed by atoms with Crippen LogP contribution in [0.4, 0.5) is 0 Å². The second kappa shape index (κ2) is 7.61. The molecular formula is C12H14BrClO4. The highest BCUT2D eigenvalue weighted by Gasteiger charge is 2.17. The molecule has 0 saturated heterocycles. The largest absolute Gasteiger partial charge is 0.492 e. The molecule has 0 aliphatic rings. The highest BCUT2D eigenvalue weighted by molar-refractivity contribution is 9.10. The van der Waals surface area contributed by atoms with Gasteiger partial charge in [-0.1, -0.05) is 11.6 Å². The Morgan fingerprint density at radius 2 is 2.28 bits per heavy atom. The van der Waals surface area contributed by atoms with Crippen molar-refractivity contribution in [2.24, 2.45) is 0 Å². The van der Waals surface area contributed by atoms with Crippen molar-refractivity contribution in [3.8, 4) is 5.75 Å². The smallest absolute Gasteiger partial charge is 0.332 e. The van der Waals surface area contributed by atoms with Crippen molar-refractivity contribution in [1.82, 2.24) is 0 Å². The van der Waals surface area contributed by atoms with Gasteiger partial charge in [0.2, 0.25) is 0 Å². The van der Waals surface area contributed by atoms with Crippen LogP contribution in [-0.2, 0) is 9.53 Å². The predicted octanol–water partition coefficient (Wildman–Crippen LogP) is 3.36. The van der Waals surface area contributed by atoms with Gasteiger partial charge in [-0.2, -0.15) is 0 Å². The first-order valence-electron chi connectivity index (χ1n) is 5.46. The van der Waals surface area contributed by atoms with Gasteiger partial charge in [0.25, 0.3) is 0 Å². The van der Waals surface area contributed by atoms with Gasteiger partial charge in [-0.05, 0) is 41.1 Å². The second-order valence-electron chi connectivity index (χ2n) is 3.49. The van der Waals surface area contributed by atoms with Crippen LogP contribution in [0.3, 0.4) is 0 Å².